The molecule has 0 saturated carbocycles. The van der Waals surface area contributed by atoms with Gasteiger partial charge in [0.15, 0.2) is 11.5 Å². The number of nitrogens with two attached hydrogens (primary N) is 1. The first-order valence-electron chi connectivity index (χ1n) is 10.9. The molecule has 3 aromatic rings. The minimum absolute atomic E-state index is 0.232. The molecule has 4 rings (SSSR count). The van der Waals surface area contributed by atoms with Gasteiger partial charge in [-0.2, -0.15) is 0 Å². The molecule has 32 heavy (non-hydrogen) atoms. The molecule has 1 fully saturated rings. The van der Waals surface area contributed by atoms with Gasteiger partial charge in [0.25, 0.3) is 0 Å². The third kappa shape index (κ3) is 4.48. The third-order valence-electron chi connectivity index (χ3n) is 6.44. The highest BCUT2D eigenvalue weighted by Gasteiger charge is 2.43. The SMILES string of the molecule is COc1cccc(CN2CCC(Cc3ccc(-c4ccccc4)cc3)(C(N)=O)C2)c1OC. The second kappa shape index (κ2) is 9.45. The number of rotatable bonds is 8. The van der Waals surface area contributed by atoms with Crippen molar-refractivity contribution in [2.45, 2.75) is 19.4 Å². The Morgan fingerprint density at radius 1 is 0.938 bits per heavy atom. The Labute approximate surface area is 189 Å². The zero-order chi connectivity index (χ0) is 22.6. The Morgan fingerprint density at radius 3 is 2.31 bits per heavy atom. The molecule has 0 spiro atoms. The highest BCUT2D eigenvalue weighted by Crippen LogP contribution is 2.37. The van der Waals surface area contributed by atoms with Gasteiger partial charge in [0.05, 0.1) is 19.6 Å². The fraction of sp³-hybridized carbons (Fsp3) is 0.296. The van der Waals surface area contributed by atoms with Gasteiger partial charge in [-0.25, -0.2) is 0 Å². The molecule has 0 aromatic heterocycles. The van der Waals surface area contributed by atoms with Crippen molar-refractivity contribution >= 4 is 5.91 Å². The molecule has 1 atom stereocenters. The Bertz CT molecular complexity index is 1070. The molecule has 0 aliphatic carbocycles. The van der Waals surface area contributed by atoms with Crippen molar-refractivity contribution in [2.24, 2.45) is 11.1 Å². The number of amides is 1. The topological polar surface area (TPSA) is 64.8 Å². The number of carbonyl (C=O) groups excluding carboxylic acids is 1. The molecule has 5 heteroatoms. The lowest BCUT2D eigenvalue weighted by Gasteiger charge is -2.26. The van der Waals surface area contributed by atoms with Crippen LogP contribution >= 0.6 is 0 Å². The van der Waals surface area contributed by atoms with E-state index < -0.39 is 5.41 Å². The van der Waals surface area contributed by atoms with Crippen LogP contribution < -0.4 is 15.2 Å². The Morgan fingerprint density at radius 2 is 1.66 bits per heavy atom. The van der Waals surface area contributed by atoms with E-state index in [1.54, 1.807) is 14.2 Å². The molecule has 166 valence electrons. The zero-order valence-corrected chi connectivity index (χ0v) is 18.7. The predicted octanol–water partition coefficient (Wildman–Crippen LogP) is 4.29. The van der Waals surface area contributed by atoms with E-state index in [-0.39, 0.29) is 5.91 Å². The molecule has 2 N–H and O–H groups in total. The van der Waals surface area contributed by atoms with Gasteiger partial charge in [-0.1, -0.05) is 66.7 Å². The maximum absolute atomic E-state index is 12.6. The van der Waals surface area contributed by atoms with E-state index in [0.717, 1.165) is 29.8 Å². The van der Waals surface area contributed by atoms with Gasteiger partial charge in [0.1, 0.15) is 0 Å². The van der Waals surface area contributed by atoms with E-state index in [4.69, 9.17) is 15.2 Å². The molecule has 1 unspecified atom stereocenters. The number of methoxy groups -OCH3 is 2. The number of nitrogens with zero attached hydrogens (tertiary/aromatic N) is 1. The fourth-order valence-corrected chi connectivity index (χ4v) is 4.68. The molecule has 1 amide bonds. The van der Waals surface area contributed by atoms with Crippen LogP contribution in [0.2, 0.25) is 0 Å². The van der Waals surface area contributed by atoms with Gasteiger partial charge in [-0.05, 0) is 42.1 Å². The largest absolute Gasteiger partial charge is 0.493 e. The number of ether oxygens (including phenoxy) is 2. The highest BCUT2D eigenvalue weighted by molar-refractivity contribution is 5.82. The second-order valence-electron chi connectivity index (χ2n) is 8.50. The number of hydrogen-bond donors (Lipinski definition) is 1. The molecule has 1 saturated heterocycles. The van der Waals surface area contributed by atoms with Crippen molar-refractivity contribution in [1.82, 2.24) is 4.90 Å². The van der Waals surface area contributed by atoms with Gasteiger partial charge >= 0.3 is 0 Å². The third-order valence-corrected chi connectivity index (χ3v) is 6.44. The summed E-state index contributed by atoms with van der Waals surface area (Å²) in [4.78, 5) is 14.9. The molecule has 3 aromatic carbocycles. The van der Waals surface area contributed by atoms with Gasteiger partial charge in [0, 0.05) is 18.7 Å². The minimum atomic E-state index is -0.569. The quantitative estimate of drug-likeness (QED) is 0.579. The first-order valence-corrected chi connectivity index (χ1v) is 10.9. The van der Waals surface area contributed by atoms with Crippen LogP contribution in [0.4, 0.5) is 0 Å². The minimum Gasteiger partial charge on any atom is -0.493 e. The first kappa shape index (κ1) is 21.9. The van der Waals surface area contributed by atoms with Crippen LogP contribution in [0.15, 0.2) is 72.8 Å². The molecule has 1 aliphatic rings. The van der Waals surface area contributed by atoms with Crippen molar-refractivity contribution in [3.05, 3.63) is 83.9 Å². The summed E-state index contributed by atoms with van der Waals surface area (Å²) in [6.07, 6.45) is 1.39. The van der Waals surface area contributed by atoms with Crippen LogP contribution in [0.5, 0.6) is 11.5 Å². The summed E-state index contributed by atoms with van der Waals surface area (Å²) >= 11 is 0. The van der Waals surface area contributed by atoms with E-state index in [2.05, 4.69) is 41.3 Å². The van der Waals surface area contributed by atoms with Gasteiger partial charge in [-0.15, -0.1) is 0 Å². The monoisotopic (exact) mass is 430 g/mol. The van der Waals surface area contributed by atoms with E-state index in [1.807, 2.05) is 36.4 Å². The van der Waals surface area contributed by atoms with Crippen molar-refractivity contribution in [1.29, 1.82) is 0 Å². The van der Waals surface area contributed by atoms with Crippen molar-refractivity contribution in [3.63, 3.8) is 0 Å². The van der Waals surface area contributed by atoms with Crippen LogP contribution in [0.1, 0.15) is 17.5 Å². The average molecular weight is 431 g/mol. The van der Waals surface area contributed by atoms with Gasteiger partial charge in [-0.3, -0.25) is 9.69 Å². The lowest BCUT2D eigenvalue weighted by molar-refractivity contribution is -0.127. The van der Waals surface area contributed by atoms with Crippen LogP contribution in [-0.4, -0.2) is 38.1 Å². The van der Waals surface area contributed by atoms with Crippen LogP contribution in [-0.2, 0) is 17.8 Å². The molecular weight excluding hydrogens is 400 g/mol. The number of para-hydroxylation sites is 1. The standard InChI is InChI=1S/C27H30N2O3/c1-31-24-10-6-9-23(25(24)32-2)18-29-16-15-27(19-29,26(28)30)17-20-11-13-22(14-12-20)21-7-4-3-5-8-21/h3-14H,15-19H2,1-2H3,(H2,28,30). The summed E-state index contributed by atoms with van der Waals surface area (Å²) < 4.78 is 11.0. The number of primary amides is 1. The summed E-state index contributed by atoms with van der Waals surface area (Å²) in [5.41, 5.74) is 9.90. The summed E-state index contributed by atoms with van der Waals surface area (Å²) in [6.45, 7) is 2.12. The summed E-state index contributed by atoms with van der Waals surface area (Å²) in [5.74, 6) is 1.22. The van der Waals surface area contributed by atoms with E-state index >= 15 is 0 Å². The van der Waals surface area contributed by atoms with Crippen LogP contribution in [0.3, 0.4) is 0 Å². The highest BCUT2D eigenvalue weighted by atomic mass is 16.5. The van der Waals surface area contributed by atoms with Crippen molar-refractivity contribution in [3.8, 4) is 22.6 Å². The van der Waals surface area contributed by atoms with Crippen molar-refractivity contribution < 1.29 is 14.3 Å². The summed E-state index contributed by atoms with van der Waals surface area (Å²) in [5, 5.41) is 0. The van der Waals surface area contributed by atoms with E-state index in [0.29, 0.717) is 25.3 Å². The first-order chi connectivity index (χ1) is 15.5. The number of benzene rings is 3. The Balaban J connectivity index is 1.49. The van der Waals surface area contributed by atoms with Crippen LogP contribution in [0.25, 0.3) is 11.1 Å². The predicted molar refractivity (Wildman–Crippen MR) is 127 cm³/mol. The summed E-state index contributed by atoms with van der Waals surface area (Å²) in [7, 11) is 3.29. The average Bonchev–Trinajstić information content (AvgIpc) is 3.23. The Kier molecular flexibility index (Phi) is 6.47. The molecule has 5 nitrogen and oxygen atoms in total. The summed E-state index contributed by atoms with van der Waals surface area (Å²) in [6, 6.07) is 24.6. The number of likely N-dealkylation sites (tertiary alicyclic amines) is 1. The molecule has 0 radical (unpaired) electrons. The maximum Gasteiger partial charge on any atom is 0.225 e. The Hall–Kier alpha value is -3.31. The fourth-order valence-electron chi connectivity index (χ4n) is 4.68. The normalized spacial score (nSPS) is 18.4. The van der Waals surface area contributed by atoms with Crippen LogP contribution in [0, 0.1) is 5.41 Å². The molecule has 1 aliphatic heterocycles. The van der Waals surface area contributed by atoms with Crippen molar-refractivity contribution in [2.75, 3.05) is 27.3 Å². The zero-order valence-electron chi connectivity index (χ0n) is 18.7. The lowest BCUT2D eigenvalue weighted by atomic mass is 9.80. The number of carbonyl (C=O) groups is 1. The second-order valence-corrected chi connectivity index (χ2v) is 8.50. The number of hydrogen-bond acceptors (Lipinski definition) is 4. The van der Waals surface area contributed by atoms with E-state index in [1.165, 1.54) is 11.1 Å². The molecular formula is C27H30N2O3. The maximum atomic E-state index is 12.6. The van der Waals surface area contributed by atoms with E-state index in [9.17, 15) is 4.79 Å². The smallest absolute Gasteiger partial charge is 0.225 e. The molecule has 0 bridgehead atoms. The lowest BCUT2D eigenvalue weighted by Crippen LogP contribution is -2.41. The van der Waals surface area contributed by atoms with Gasteiger partial charge < -0.3 is 15.2 Å². The molecule has 1 heterocycles. The van der Waals surface area contributed by atoms with Gasteiger partial charge in [0.2, 0.25) is 5.91 Å².